The van der Waals surface area contributed by atoms with E-state index in [9.17, 15) is 4.79 Å². The van der Waals surface area contributed by atoms with Gasteiger partial charge in [-0.15, -0.1) is 0 Å². The number of nitrogens with one attached hydrogen (secondary N) is 1. The molecular formula is C16H25N3O. The molecule has 1 aromatic carbocycles. The van der Waals surface area contributed by atoms with Crippen molar-refractivity contribution < 1.29 is 4.79 Å². The van der Waals surface area contributed by atoms with E-state index in [0.29, 0.717) is 6.04 Å². The van der Waals surface area contributed by atoms with Crippen molar-refractivity contribution >= 4 is 11.7 Å². The maximum absolute atomic E-state index is 12.6. The van der Waals surface area contributed by atoms with Gasteiger partial charge in [0.2, 0.25) is 0 Å². The zero-order valence-corrected chi connectivity index (χ0v) is 12.7. The molecule has 0 spiro atoms. The van der Waals surface area contributed by atoms with Crippen molar-refractivity contribution in [1.82, 2.24) is 10.2 Å². The fourth-order valence-electron chi connectivity index (χ4n) is 2.88. The van der Waals surface area contributed by atoms with E-state index in [1.165, 1.54) is 5.56 Å². The first-order valence-electron chi connectivity index (χ1n) is 7.61. The highest BCUT2D eigenvalue weighted by Crippen LogP contribution is 2.34. The van der Waals surface area contributed by atoms with Crippen LogP contribution in [0.2, 0.25) is 0 Å². The molecule has 20 heavy (non-hydrogen) atoms. The monoisotopic (exact) mass is 275 g/mol. The number of benzene rings is 1. The SMILES string of the molecule is CCNC1CCN(C(=O)N(CC)CC)c2ccccc21. The summed E-state index contributed by atoms with van der Waals surface area (Å²) in [6.45, 7) is 9.41. The van der Waals surface area contributed by atoms with Gasteiger partial charge in [0, 0.05) is 25.7 Å². The van der Waals surface area contributed by atoms with Crippen LogP contribution < -0.4 is 10.2 Å². The average Bonchev–Trinajstić information content (AvgIpc) is 2.49. The van der Waals surface area contributed by atoms with Crippen molar-refractivity contribution in [2.75, 3.05) is 31.1 Å². The van der Waals surface area contributed by atoms with Crippen molar-refractivity contribution in [2.24, 2.45) is 0 Å². The molecule has 4 heteroatoms. The molecule has 1 N–H and O–H groups in total. The number of nitrogens with zero attached hydrogens (tertiary/aromatic N) is 2. The van der Waals surface area contributed by atoms with Crippen LogP contribution in [0.1, 0.15) is 38.8 Å². The maximum atomic E-state index is 12.6. The normalized spacial score (nSPS) is 17.8. The number of carbonyl (C=O) groups is 1. The molecule has 4 nitrogen and oxygen atoms in total. The van der Waals surface area contributed by atoms with E-state index in [4.69, 9.17) is 0 Å². The summed E-state index contributed by atoms with van der Waals surface area (Å²) < 4.78 is 0. The lowest BCUT2D eigenvalue weighted by molar-refractivity contribution is 0.209. The Bertz CT molecular complexity index is 457. The Balaban J connectivity index is 2.29. The molecule has 1 heterocycles. The second kappa shape index (κ2) is 6.75. The van der Waals surface area contributed by atoms with Gasteiger partial charge in [0.05, 0.1) is 5.69 Å². The van der Waals surface area contributed by atoms with Crippen LogP contribution in [0.4, 0.5) is 10.5 Å². The van der Waals surface area contributed by atoms with Crippen molar-refractivity contribution in [3.8, 4) is 0 Å². The number of rotatable bonds is 4. The molecule has 0 saturated carbocycles. The van der Waals surface area contributed by atoms with Crippen molar-refractivity contribution in [2.45, 2.75) is 33.2 Å². The fourth-order valence-corrected chi connectivity index (χ4v) is 2.88. The average molecular weight is 275 g/mol. The second-order valence-corrected chi connectivity index (χ2v) is 5.06. The molecule has 2 rings (SSSR count). The van der Waals surface area contributed by atoms with E-state index in [-0.39, 0.29) is 6.03 Å². The summed E-state index contributed by atoms with van der Waals surface area (Å²) in [7, 11) is 0. The van der Waals surface area contributed by atoms with Crippen LogP contribution in [0.15, 0.2) is 24.3 Å². The van der Waals surface area contributed by atoms with Gasteiger partial charge in [0.15, 0.2) is 0 Å². The maximum Gasteiger partial charge on any atom is 0.324 e. The largest absolute Gasteiger partial charge is 0.325 e. The first kappa shape index (κ1) is 14.9. The van der Waals surface area contributed by atoms with Crippen LogP contribution in [-0.4, -0.2) is 37.1 Å². The Labute approximate surface area is 121 Å². The van der Waals surface area contributed by atoms with Crippen molar-refractivity contribution in [3.63, 3.8) is 0 Å². The zero-order valence-electron chi connectivity index (χ0n) is 12.7. The first-order valence-corrected chi connectivity index (χ1v) is 7.61. The van der Waals surface area contributed by atoms with E-state index in [2.05, 4.69) is 30.4 Å². The van der Waals surface area contributed by atoms with Crippen LogP contribution in [0.3, 0.4) is 0 Å². The summed E-state index contributed by atoms with van der Waals surface area (Å²) in [5, 5.41) is 3.51. The van der Waals surface area contributed by atoms with E-state index in [1.54, 1.807) is 0 Å². The van der Waals surface area contributed by atoms with Gasteiger partial charge in [-0.25, -0.2) is 4.79 Å². The number of hydrogen-bond acceptors (Lipinski definition) is 2. The quantitative estimate of drug-likeness (QED) is 0.917. The van der Waals surface area contributed by atoms with Gasteiger partial charge in [-0.05, 0) is 38.4 Å². The molecule has 0 bridgehead atoms. The molecule has 1 aromatic rings. The third kappa shape index (κ3) is 2.80. The first-order chi connectivity index (χ1) is 9.72. The van der Waals surface area contributed by atoms with E-state index in [0.717, 1.165) is 38.3 Å². The number of anilines is 1. The van der Waals surface area contributed by atoms with Gasteiger partial charge < -0.3 is 10.2 Å². The van der Waals surface area contributed by atoms with Gasteiger partial charge >= 0.3 is 6.03 Å². The summed E-state index contributed by atoms with van der Waals surface area (Å²) in [5.74, 6) is 0. The minimum Gasteiger partial charge on any atom is -0.325 e. The fraction of sp³-hybridized carbons (Fsp3) is 0.562. The molecule has 0 aliphatic carbocycles. The highest BCUT2D eigenvalue weighted by molar-refractivity contribution is 5.93. The Morgan fingerprint density at radius 3 is 2.65 bits per heavy atom. The number of fused-ring (bicyclic) bond motifs is 1. The Kier molecular flexibility index (Phi) is 5.01. The van der Waals surface area contributed by atoms with Crippen molar-refractivity contribution in [3.05, 3.63) is 29.8 Å². The van der Waals surface area contributed by atoms with Crippen LogP contribution in [-0.2, 0) is 0 Å². The number of carbonyl (C=O) groups excluding carboxylic acids is 1. The van der Waals surface area contributed by atoms with E-state index < -0.39 is 0 Å². The molecule has 0 aromatic heterocycles. The van der Waals surface area contributed by atoms with Gasteiger partial charge in [-0.1, -0.05) is 25.1 Å². The summed E-state index contributed by atoms with van der Waals surface area (Å²) in [6, 6.07) is 8.73. The topological polar surface area (TPSA) is 35.6 Å². The minimum absolute atomic E-state index is 0.123. The Morgan fingerprint density at radius 1 is 1.30 bits per heavy atom. The highest BCUT2D eigenvalue weighted by Gasteiger charge is 2.29. The molecule has 1 aliphatic rings. The van der Waals surface area contributed by atoms with Crippen LogP contribution in [0.25, 0.3) is 0 Å². The van der Waals surface area contributed by atoms with E-state index in [1.807, 2.05) is 29.7 Å². The Morgan fingerprint density at radius 2 is 2.00 bits per heavy atom. The summed E-state index contributed by atoms with van der Waals surface area (Å²) in [5.41, 5.74) is 2.29. The third-order valence-corrected chi connectivity index (χ3v) is 3.96. The number of para-hydroxylation sites is 1. The lowest BCUT2D eigenvalue weighted by atomic mass is 9.96. The molecule has 0 saturated heterocycles. The number of hydrogen-bond donors (Lipinski definition) is 1. The molecular weight excluding hydrogens is 250 g/mol. The van der Waals surface area contributed by atoms with Crippen LogP contribution >= 0.6 is 0 Å². The highest BCUT2D eigenvalue weighted by atomic mass is 16.2. The van der Waals surface area contributed by atoms with E-state index >= 15 is 0 Å². The predicted octanol–water partition coefficient (Wildman–Crippen LogP) is 3.01. The van der Waals surface area contributed by atoms with Gasteiger partial charge in [0.25, 0.3) is 0 Å². The molecule has 0 radical (unpaired) electrons. The van der Waals surface area contributed by atoms with Gasteiger partial charge in [0.1, 0.15) is 0 Å². The van der Waals surface area contributed by atoms with Crippen LogP contribution in [0.5, 0.6) is 0 Å². The molecule has 1 unspecified atom stereocenters. The smallest absolute Gasteiger partial charge is 0.324 e. The summed E-state index contributed by atoms with van der Waals surface area (Å²) in [4.78, 5) is 16.4. The summed E-state index contributed by atoms with van der Waals surface area (Å²) in [6.07, 6.45) is 0.970. The van der Waals surface area contributed by atoms with Gasteiger partial charge in [-0.2, -0.15) is 0 Å². The third-order valence-electron chi connectivity index (χ3n) is 3.96. The Hall–Kier alpha value is -1.55. The van der Waals surface area contributed by atoms with Gasteiger partial charge in [-0.3, -0.25) is 4.90 Å². The molecule has 1 aliphatic heterocycles. The number of urea groups is 1. The standard InChI is InChI=1S/C16H25N3O/c1-4-17-14-11-12-19(16(20)18(5-2)6-3)15-10-8-7-9-13(14)15/h7-10,14,17H,4-6,11-12H2,1-3H3. The number of amides is 2. The molecule has 1 atom stereocenters. The molecule has 0 fully saturated rings. The minimum atomic E-state index is 0.123. The predicted molar refractivity (Wildman–Crippen MR) is 83.1 cm³/mol. The van der Waals surface area contributed by atoms with Crippen molar-refractivity contribution in [1.29, 1.82) is 0 Å². The summed E-state index contributed by atoms with van der Waals surface area (Å²) >= 11 is 0. The molecule has 2 amide bonds. The lowest BCUT2D eigenvalue weighted by Crippen LogP contribution is -2.47. The van der Waals surface area contributed by atoms with Crippen LogP contribution in [0, 0.1) is 0 Å². The second-order valence-electron chi connectivity index (χ2n) is 5.06. The lowest BCUT2D eigenvalue weighted by Gasteiger charge is -2.37. The zero-order chi connectivity index (χ0) is 14.5. The molecule has 110 valence electrons.